The first-order chi connectivity index (χ1) is 13.6. The SMILES string of the molecule is COc1ccccc1/C=C/C1NC(=O)NC(C)=C1C(=O)OCc1ccccc1. The van der Waals surface area contributed by atoms with E-state index in [0.29, 0.717) is 17.0 Å². The molecule has 0 spiro atoms. The van der Waals surface area contributed by atoms with E-state index in [1.54, 1.807) is 20.1 Å². The van der Waals surface area contributed by atoms with Crippen LogP contribution in [0.25, 0.3) is 6.08 Å². The molecule has 144 valence electrons. The van der Waals surface area contributed by atoms with Crippen molar-refractivity contribution in [3.05, 3.63) is 83.1 Å². The molecule has 2 N–H and O–H groups in total. The maximum Gasteiger partial charge on any atom is 0.338 e. The molecule has 0 radical (unpaired) electrons. The number of carbonyl (C=O) groups is 2. The molecule has 1 heterocycles. The molecule has 3 rings (SSSR count). The second-order valence-electron chi connectivity index (χ2n) is 6.28. The van der Waals surface area contributed by atoms with Crippen molar-refractivity contribution >= 4 is 18.1 Å². The van der Waals surface area contributed by atoms with Crippen LogP contribution in [0.3, 0.4) is 0 Å². The van der Waals surface area contributed by atoms with E-state index in [4.69, 9.17) is 9.47 Å². The van der Waals surface area contributed by atoms with Crippen LogP contribution < -0.4 is 15.4 Å². The van der Waals surface area contributed by atoms with Crippen molar-refractivity contribution in [3.63, 3.8) is 0 Å². The van der Waals surface area contributed by atoms with Crippen LogP contribution in [0.15, 0.2) is 71.9 Å². The summed E-state index contributed by atoms with van der Waals surface area (Å²) in [5.74, 6) is 0.219. The van der Waals surface area contributed by atoms with E-state index in [1.165, 1.54) is 0 Å². The molecule has 6 heteroatoms. The zero-order valence-corrected chi connectivity index (χ0v) is 15.8. The number of nitrogens with one attached hydrogen (secondary N) is 2. The van der Waals surface area contributed by atoms with Gasteiger partial charge >= 0.3 is 12.0 Å². The van der Waals surface area contributed by atoms with Gasteiger partial charge in [0.25, 0.3) is 0 Å². The molecule has 0 aliphatic carbocycles. The second kappa shape index (κ2) is 8.90. The number of benzene rings is 2. The predicted octanol–water partition coefficient (Wildman–Crippen LogP) is 3.41. The Morgan fingerprint density at radius 1 is 1.11 bits per heavy atom. The first kappa shape index (κ1) is 19.2. The van der Waals surface area contributed by atoms with Gasteiger partial charge in [0.1, 0.15) is 12.4 Å². The molecule has 0 bridgehead atoms. The van der Waals surface area contributed by atoms with Crippen LogP contribution >= 0.6 is 0 Å². The van der Waals surface area contributed by atoms with E-state index in [2.05, 4.69) is 10.6 Å². The minimum absolute atomic E-state index is 0.160. The Balaban J connectivity index is 1.80. The lowest BCUT2D eigenvalue weighted by Gasteiger charge is -2.25. The Labute approximate surface area is 163 Å². The Morgan fingerprint density at radius 2 is 1.82 bits per heavy atom. The summed E-state index contributed by atoms with van der Waals surface area (Å²) in [4.78, 5) is 24.6. The Hall–Kier alpha value is -3.54. The average molecular weight is 378 g/mol. The van der Waals surface area contributed by atoms with E-state index in [1.807, 2.05) is 60.7 Å². The van der Waals surface area contributed by atoms with Crippen LogP contribution in [0.2, 0.25) is 0 Å². The number of carbonyl (C=O) groups excluding carboxylic acids is 2. The van der Waals surface area contributed by atoms with Crippen molar-refractivity contribution in [3.8, 4) is 5.75 Å². The standard InChI is InChI=1S/C22H22N2O4/c1-15-20(21(25)28-14-16-8-4-3-5-9-16)18(24-22(26)23-15)13-12-17-10-6-7-11-19(17)27-2/h3-13,18H,14H2,1-2H3,(H2,23,24,26)/b13-12+. The van der Waals surface area contributed by atoms with Crippen molar-refractivity contribution in [2.75, 3.05) is 7.11 Å². The second-order valence-corrected chi connectivity index (χ2v) is 6.28. The predicted molar refractivity (Wildman–Crippen MR) is 106 cm³/mol. The molecule has 0 aromatic heterocycles. The third kappa shape index (κ3) is 4.59. The summed E-state index contributed by atoms with van der Waals surface area (Å²) in [6, 6.07) is 16.0. The molecule has 6 nitrogen and oxygen atoms in total. The van der Waals surface area contributed by atoms with Gasteiger partial charge in [0.15, 0.2) is 0 Å². The maximum absolute atomic E-state index is 12.7. The van der Waals surface area contributed by atoms with Crippen LogP contribution in [0.5, 0.6) is 5.75 Å². The molecule has 2 aromatic rings. The summed E-state index contributed by atoms with van der Waals surface area (Å²) < 4.78 is 10.8. The normalized spacial score (nSPS) is 16.5. The number of hydrogen-bond donors (Lipinski definition) is 2. The molecule has 1 aliphatic rings. The highest BCUT2D eigenvalue weighted by Gasteiger charge is 2.29. The van der Waals surface area contributed by atoms with Gasteiger partial charge in [-0.3, -0.25) is 0 Å². The van der Waals surface area contributed by atoms with Crippen molar-refractivity contribution in [1.82, 2.24) is 10.6 Å². The highest BCUT2D eigenvalue weighted by molar-refractivity contribution is 5.95. The van der Waals surface area contributed by atoms with Gasteiger partial charge in [-0.15, -0.1) is 0 Å². The van der Waals surface area contributed by atoms with E-state index >= 15 is 0 Å². The fraction of sp³-hybridized carbons (Fsp3) is 0.182. The lowest BCUT2D eigenvalue weighted by atomic mass is 10.0. The summed E-state index contributed by atoms with van der Waals surface area (Å²) in [7, 11) is 1.59. The summed E-state index contributed by atoms with van der Waals surface area (Å²) in [5.41, 5.74) is 2.56. The molecule has 1 aliphatic heterocycles. The van der Waals surface area contributed by atoms with Gasteiger partial charge in [-0.05, 0) is 18.6 Å². The van der Waals surface area contributed by atoms with Crippen LogP contribution in [0.1, 0.15) is 18.1 Å². The Morgan fingerprint density at radius 3 is 2.57 bits per heavy atom. The first-order valence-electron chi connectivity index (χ1n) is 8.89. The number of rotatable bonds is 6. The smallest absolute Gasteiger partial charge is 0.338 e. The van der Waals surface area contributed by atoms with E-state index in [-0.39, 0.29) is 12.6 Å². The van der Waals surface area contributed by atoms with E-state index in [0.717, 1.165) is 11.1 Å². The summed E-state index contributed by atoms with van der Waals surface area (Å²) in [6.07, 6.45) is 3.56. The fourth-order valence-electron chi connectivity index (χ4n) is 2.95. The number of methoxy groups -OCH3 is 1. The summed E-state index contributed by atoms with van der Waals surface area (Å²) >= 11 is 0. The van der Waals surface area contributed by atoms with Gasteiger partial charge in [0, 0.05) is 11.3 Å². The third-order valence-electron chi connectivity index (χ3n) is 4.34. The number of allylic oxidation sites excluding steroid dienone is 1. The summed E-state index contributed by atoms with van der Waals surface area (Å²) in [5, 5.41) is 5.38. The minimum Gasteiger partial charge on any atom is -0.496 e. The number of urea groups is 1. The van der Waals surface area contributed by atoms with Gasteiger partial charge in [-0.1, -0.05) is 60.7 Å². The van der Waals surface area contributed by atoms with Gasteiger partial charge in [-0.2, -0.15) is 0 Å². The van der Waals surface area contributed by atoms with Crippen LogP contribution in [-0.4, -0.2) is 25.2 Å². The maximum atomic E-state index is 12.7. The van der Waals surface area contributed by atoms with Gasteiger partial charge in [0.05, 0.1) is 18.7 Å². The highest BCUT2D eigenvalue weighted by Crippen LogP contribution is 2.21. The first-order valence-corrected chi connectivity index (χ1v) is 8.89. The molecule has 2 amide bonds. The fourth-order valence-corrected chi connectivity index (χ4v) is 2.95. The van der Waals surface area contributed by atoms with Crippen molar-refractivity contribution in [2.45, 2.75) is 19.6 Å². The van der Waals surface area contributed by atoms with Gasteiger partial charge in [0.2, 0.25) is 0 Å². The quantitative estimate of drug-likeness (QED) is 0.756. The van der Waals surface area contributed by atoms with Crippen molar-refractivity contribution in [1.29, 1.82) is 0 Å². The van der Waals surface area contributed by atoms with Crippen LogP contribution in [0.4, 0.5) is 4.79 Å². The van der Waals surface area contributed by atoms with Gasteiger partial charge in [-0.25, -0.2) is 9.59 Å². The molecule has 0 fully saturated rings. The Bertz CT molecular complexity index is 919. The zero-order chi connectivity index (χ0) is 19.9. The number of amides is 2. The molecular weight excluding hydrogens is 356 g/mol. The topological polar surface area (TPSA) is 76.7 Å². The number of esters is 1. The number of ether oxygens (including phenoxy) is 2. The van der Waals surface area contributed by atoms with Gasteiger partial charge < -0.3 is 20.1 Å². The molecule has 1 unspecified atom stereocenters. The summed E-state index contributed by atoms with van der Waals surface area (Å²) in [6.45, 7) is 1.84. The van der Waals surface area contributed by atoms with E-state index < -0.39 is 12.0 Å². The minimum atomic E-state index is -0.609. The van der Waals surface area contributed by atoms with E-state index in [9.17, 15) is 9.59 Å². The van der Waals surface area contributed by atoms with Crippen LogP contribution in [0, 0.1) is 0 Å². The Kier molecular flexibility index (Phi) is 6.11. The largest absolute Gasteiger partial charge is 0.496 e. The number of para-hydroxylation sites is 1. The van der Waals surface area contributed by atoms with Crippen molar-refractivity contribution in [2.24, 2.45) is 0 Å². The van der Waals surface area contributed by atoms with Crippen LogP contribution in [-0.2, 0) is 16.1 Å². The zero-order valence-electron chi connectivity index (χ0n) is 15.8. The molecular formula is C22H22N2O4. The van der Waals surface area contributed by atoms with Crippen molar-refractivity contribution < 1.29 is 19.1 Å². The monoisotopic (exact) mass is 378 g/mol. The molecule has 28 heavy (non-hydrogen) atoms. The lowest BCUT2D eigenvalue weighted by Crippen LogP contribution is -2.49. The molecule has 2 aromatic carbocycles. The average Bonchev–Trinajstić information content (AvgIpc) is 2.71. The molecule has 0 saturated heterocycles. The molecule has 0 saturated carbocycles. The third-order valence-corrected chi connectivity index (χ3v) is 4.34. The highest BCUT2D eigenvalue weighted by atomic mass is 16.5. The number of hydrogen-bond acceptors (Lipinski definition) is 4. The molecule has 1 atom stereocenters. The lowest BCUT2D eigenvalue weighted by molar-refractivity contribution is -0.140.